The van der Waals surface area contributed by atoms with E-state index in [1.54, 1.807) is 0 Å². The molecule has 0 heterocycles. The Morgan fingerprint density at radius 3 is 2.30 bits per heavy atom. The van der Waals surface area contributed by atoms with E-state index in [1.165, 1.54) is 0 Å². The van der Waals surface area contributed by atoms with Gasteiger partial charge in [-0.05, 0) is 42.4 Å². The van der Waals surface area contributed by atoms with Crippen molar-refractivity contribution in [2.45, 2.75) is 59.3 Å². The molecule has 3 atom stereocenters. The number of amides is 1. The Hall–Kier alpha value is -1.25. The Labute approximate surface area is 164 Å². The van der Waals surface area contributed by atoms with Crippen molar-refractivity contribution in [3.63, 3.8) is 0 Å². The van der Waals surface area contributed by atoms with Crippen LogP contribution in [-0.2, 0) is 14.2 Å². The molecule has 5 nitrogen and oxygen atoms in total. The smallest absolute Gasteiger partial charge is 0.407 e. The fourth-order valence-corrected chi connectivity index (χ4v) is 3.58. The fraction of sp³-hybridized carbons (Fsp3) is 0.864. The molecule has 2 aliphatic rings. The van der Waals surface area contributed by atoms with Gasteiger partial charge >= 0.3 is 6.09 Å². The number of nitrogens with one attached hydrogen (secondary N) is 1. The predicted molar refractivity (Wildman–Crippen MR) is 106 cm³/mol. The molecule has 0 aromatic rings. The van der Waals surface area contributed by atoms with Crippen LogP contribution in [0.3, 0.4) is 0 Å². The monoisotopic (exact) mass is 379 g/mol. The average molecular weight is 380 g/mol. The third kappa shape index (κ3) is 8.53. The van der Waals surface area contributed by atoms with Crippen LogP contribution in [-0.4, -0.2) is 45.7 Å². The van der Waals surface area contributed by atoms with Crippen LogP contribution in [0.4, 0.5) is 4.79 Å². The lowest BCUT2D eigenvalue weighted by Crippen LogP contribution is -2.29. The quantitative estimate of drug-likeness (QED) is 0.411. The zero-order valence-electron chi connectivity index (χ0n) is 17.4. The largest absolute Gasteiger partial charge is 0.449 e. The van der Waals surface area contributed by atoms with Crippen molar-refractivity contribution in [1.29, 1.82) is 0 Å². The van der Waals surface area contributed by atoms with Crippen molar-refractivity contribution in [3.05, 3.63) is 0 Å². The van der Waals surface area contributed by atoms with Crippen LogP contribution >= 0.6 is 0 Å². The third-order valence-electron chi connectivity index (χ3n) is 6.01. The van der Waals surface area contributed by atoms with Gasteiger partial charge in [-0.25, -0.2) is 4.79 Å². The molecule has 0 aromatic carbocycles. The highest BCUT2D eigenvalue weighted by Gasteiger charge is 2.49. The summed E-state index contributed by atoms with van der Waals surface area (Å²) < 4.78 is 16.4. The molecule has 2 rings (SSSR count). The zero-order chi connectivity index (χ0) is 19.5. The molecule has 27 heavy (non-hydrogen) atoms. The number of hydrogen-bond acceptors (Lipinski definition) is 4. The zero-order valence-corrected chi connectivity index (χ0v) is 17.4. The molecule has 0 saturated heterocycles. The lowest BCUT2D eigenvalue weighted by molar-refractivity contribution is 0.0375. The van der Waals surface area contributed by atoms with Crippen LogP contribution in [0.5, 0.6) is 0 Å². The van der Waals surface area contributed by atoms with Gasteiger partial charge in [-0.3, -0.25) is 0 Å². The highest BCUT2D eigenvalue weighted by molar-refractivity contribution is 5.67. The number of ether oxygens (including phenoxy) is 3. The van der Waals surface area contributed by atoms with Crippen molar-refractivity contribution in [3.8, 4) is 11.8 Å². The van der Waals surface area contributed by atoms with Crippen molar-refractivity contribution in [2.24, 2.45) is 23.2 Å². The molecule has 0 spiro atoms. The first-order valence-electron chi connectivity index (χ1n) is 10.6. The average Bonchev–Trinajstić information content (AvgIpc) is 3.27. The molecular formula is C22H37NO4. The van der Waals surface area contributed by atoms with Crippen LogP contribution < -0.4 is 5.32 Å². The summed E-state index contributed by atoms with van der Waals surface area (Å²) in [6, 6.07) is 0. The standard InChI is InChI=1S/C22H37NO4/c1-4-22(2,3)11-13-25-15-16-26-14-12-23-21(24)27-17-20-18-9-7-5-6-8-10-19(18)20/h18-20H,4,7-17H2,1-3H3,(H,23,24)/t18-,19+,20?. The molecule has 0 radical (unpaired) electrons. The maximum atomic E-state index is 11.8. The molecule has 1 unspecified atom stereocenters. The van der Waals surface area contributed by atoms with Crippen LogP contribution in [0.1, 0.15) is 59.3 Å². The second kappa shape index (κ2) is 11.6. The van der Waals surface area contributed by atoms with Gasteiger partial charge < -0.3 is 19.5 Å². The third-order valence-corrected chi connectivity index (χ3v) is 6.01. The number of rotatable bonds is 12. The van der Waals surface area contributed by atoms with E-state index in [9.17, 15) is 4.79 Å². The molecule has 0 aromatic heterocycles. The fourth-order valence-electron chi connectivity index (χ4n) is 3.58. The summed E-state index contributed by atoms with van der Waals surface area (Å²) in [5, 5.41) is 2.75. The molecule has 5 heteroatoms. The summed E-state index contributed by atoms with van der Waals surface area (Å²) in [7, 11) is 0. The van der Waals surface area contributed by atoms with Gasteiger partial charge in [0.25, 0.3) is 0 Å². The van der Waals surface area contributed by atoms with Gasteiger partial charge in [-0.1, -0.05) is 27.2 Å². The van der Waals surface area contributed by atoms with E-state index in [1.807, 2.05) is 0 Å². The Bertz CT molecular complexity index is 490. The summed E-state index contributed by atoms with van der Waals surface area (Å²) >= 11 is 0. The van der Waals surface area contributed by atoms with Crippen molar-refractivity contribution >= 4 is 6.09 Å². The number of carbonyl (C=O) groups excluding carboxylic acids is 1. The first-order chi connectivity index (χ1) is 13.0. The van der Waals surface area contributed by atoms with Gasteiger partial charge in [0.2, 0.25) is 0 Å². The molecule has 1 amide bonds. The molecule has 2 aliphatic carbocycles. The molecular weight excluding hydrogens is 342 g/mol. The summed E-state index contributed by atoms with van der Waals surface area (Å²) in [6.45, 7) is 10.1. The molecule has 1 fully saturated rings. The normalized spacial score (nSPS) is 24.0. The van der Waals surface area contributed by atoms with Gasteiger partial charge in [0.05, 0.1) is 26.4 Å². The van der Waals surface area contributed by atoms with Crippen LogP contribution in [0, 0.1) is 35.0 Å². The predicted octanol–water partition coefficient (Wildman–Crippen LogP) is 4.01. The highest BCUT2D eigenvalue weighted by atomic mass is 16.6. The Kier molecular flexibility index (Phi) is 9.44. The molecule has 154 valence electrons. The van der Waals surface area contributed by atoms with Gasteiger partial charge in [0.15, 0.2) is 0 Å². The molecule has 0 bridgehead atoms. The SMILES string of the molecule is CCC(C)(C)CCOCCOCCNC(=O)OCC1[C@H]2CCC#CCC[C@@H]12. The summed E-state index contributed by atoms with van der Waals surface area (Å²) in [4.78, 5) is 11.8. The highest BCUT2D eigenvalue weighted by Crippen LogP contribution is 2.52. The summed E-state index contributed by atoms with van der Waals surface area (Å²) in [5.41, 5.74) is 0.343. The number of alkyl carbamates (subject to hydrolysis) is 1. The van der Waals surface area contributed by atoms with E-state index in [-0.39, 0.29) is 6.09 Å². The molecule has 1 N–H and O–H groups in total. The van der Waals surface area contributed by atoms with Gasteiger partial charge in [0, 0.05) is 26.0 Å². The van der Waals surface area contributed by atoms with E-state index in [0.29, 0.717) is 56.1 Å². The maximum absolute atomic E-state index is 11.8. The number of fused-ring (bicyclic) bond motifs is 1. The minimum atomic E-state index is -0.341. The minimum Gasteiger partial charge on any atom is -0.449 e. The van der Waals surface area contributed by atoms with E-state index < -0.39 is 0 Å². The van der Waals surface area contributed by atoms with Gasteiger partial charge in [-0.15, -0.1) is 11.8 Å². The maximum Gasteiger partial charge on any atom is 0.407 e. The van der Waals surface area contributed by atoms with Gasteiger partial charge in [-0.2, -0.15) is 0 Å². The second-order valence-electron chi connectivity index (χ2n) is 8.44. The van der Waals surface area contributed by atoms with Crippen LogP contribution in [0.15, 0.2) is 0 Å². The Morgan fingerprint density at radius 1 is 1.04 bits per heavy atom. The van der Waals surface area contributed by atoms with E-state index >= 15 is 0 Å². The lowest BCUT2D eigenvalue weighted by Gasteiger charge is -2.22. The first kappa shape index (κ1) is 22.0. The van der Waals surface area contributed by atoms with Crippen molar-refractivity contribution in [2.75, 3.05) is 39.6 Å². The topological polar surface area (TPSA) is 56.8 Å². The lowest BCUT2D eigenvalue weighted by atomic mass is 9.87. The van der Waals surface area contributed by atoms with Crippen LogP contribution in [0.2, 0.25) is 0 Å². The van der Waals surface area contributed by atoms with E-state index in [0.717, 1.165) is 45.1 Å². The Morgan fingerprint density at radius 2 is 1.67 bits per heavy atom. The summed E-state index contributed by atoms with van der Waals surface area (Å²) in [5.74, 6) is 8.35. The van der Waals surface area contributed by atoms with Crippen LogP contribution in [0.25, 0.3) is 0 Å². The summed E-state index contributed by atoms with van der Waals surface area (Å²) in [6.07, 6.45) is 6.16. The van der Waals surface area contributed by atoms with Crippen molar-refractivity contribution in [1.82, 2.24) is 5.32 Å². The minimum absolute atomic E-state index is 0.341. The second-order valence-corrected chi connectivity index (χ2v) is 8.44. The first-order valence-corrected chi connectivity index (χ1v) is 10.6. The van der Waals surface area contributed by atoms with Gasteiger partial charge in [0.1, 0.15) is 0 Å². The van der Waals surface area contributed by atoms with E-state index in [2.05, 4.69) is 37.9 Å². The molecule has 1 saturated carbocycles. The number of hydrogen-bond donors (Lipinski definition) is 1. The molecule has 0 aliphatic heterocycles. The van der Waals surface area contributed by atoms with E-state index in [4.69, 9.17) is 14.2 Å². The van der Waals surface area contributed by atoms with Crippen molar-refractivity contribution < 1.29 is 19.0 Å². The Balaban J connectivity index is 1.39. The number of carbonyl (C=O) groups is 1.